The molecule has 24 heavy (non-hydrogen) atoms. The van der Waals surface area contributed by atoms with Crippen LogP contribution in [0.2, 0.25) is 0 Å². The quantitative estimate of drug-likeness (QED) is 0.819. The Hall–Kier alpha value is -2.58. The van der Waals surface area contributed by atoms with E-state index in [-0.39, 0.29) is 5.56 Å². The third-order valence-corrected chi connectivity index (χ3v) is 3.20. The number of halogens is 4. The second-order valence-corrected chi connectivity index (χ2v) is 5.10. The number of rotatable bonds is 6. The van der Waals surface area contributed by atoms with E-state index in [1.54, 1.807) is 20.2 Å². The molecule has 2 aromatic rings. The van der Waals surface area contributed by atoms with Crippen molar-refractivity contribution in [1.29, 1.82) is 0 Å². The molecule has 0 aliphatic carbocycles. The van der Waals surface area contributed by atoms with Crippen molar-refractivity contribution in [3.05, 3.63) is 47.8 Å². The molecule has 1 N–H and O–H groups in total. The summed E-state index contributed by atoms with van der Waals surface area (Å²) in [6, 6.07) is 4.49. The third kappa shape index (κ3) is 4.03. The van der Waals surface area contributed by atoms with Gasteiger partial charge in [0.15, 0.2) is 0 Å². The number of carbonyl (C=O) groups excluding carboxylic acids is 1. The zero-order valence-electron chi connectivity index (χ0n) is 12.8. The van der Waals surface area contributed by atoms with Crippen LogP contribution in [-0.2, 0) is 7.05 Å². The Bertz CT molecular complexity index is 718. The van der Waals surface area contributed by atoms with E-state index in [1.165, 1.54) is 29.1 Å². The highest BCUT2D eigenvalue weighted by atomic mass is 19.3. The highest BCUT2D eigenvalue weighted by Gasteiger charge is 2.44. The summed E-state index contributed by atoms with van der Waals surface area (Å²) in [5.41, 5.74) is 0.427. The van der Waals surface area contributed by atoms with Crippen LogP contribution in [0.4, 0.5) is 17.6 Å². The van der Waals surface area contributed by atoms with Crippen LogP contribution in [0.5, 0.6) is 5.75 Å². The van der Waals surface area contributed by atoms with Crippen molar-refractivity contribution in [2.24, 2.45) is 7.05 Å². The van der Waals surface area contributed by atoms with Crippen LogP contribution in [0.15, 0.2) is 36.7 Å². The van der Waals surface area contributed by atoms with Gasteiger partial charge >= 0.3 is 12.5 Å². The Morgan fingerprint density at radius 2 is 2.00 bits per heavy atom. The van der Waals surface area contributed by atoms with Gasteiger partial charge in [-0.2, -0.15) is 22.7 Å². The van der Waals surface area contributed by atoms with Crippen molar-refractivity contribution in [2.45, 2.75) is 25.5 Å². The summed E-state index contributed by atoms with van der Waals surface area (Å²) >= 11 is 0. The summed E-state index contributed by atoms with van der Waals surface area (Å²) in [5.74, 6) is -1.36. The van der Waals surface area contributed by atoms with Crippen LogP contribution >= 0.6 is 0 Å². The number of nitrogens with one attached hydrogen (secondary N) is 1. The van der Waals surface area contributed by atoms with Crippen molar-refractivity contribution in [3.63, 3.8) is 0 Å². The first kappa shape index (κ1) is 17.8. The van der Waals surface area contributed by atoms with Gasteiger partial charge in [0.1, 0.15) is 5.75 Å². The summed E-state index contributed by atoms with van der Waals surface area (Å²) in [6.07, 6.45) is -5.48. The van der Waals surface area contributed by atoms with Gasteiger partial charge in [-0.1, -0.05) is 12.1 Å². The maximum absolute atomic E-state index is 13.1. The average molecular weight is 345 g/mol. The molecule has 0 bridgehead atoms. The van der Waals surface area contributed by atoms with Crippen LogP contribution in [0.3, 0.4) is 0 Å². The fourth-order valence-corrected chi connectivity index (χ4v) is 1.96. The number of nitrogens with zero attached hydrogens (tertiary/aromatic N) is 2. The molecule has 1 aromatic heterocycles. The third-order valence-electron chi connectivity index (χ3n) is 3.20. The number of benzene rings is 1. The number of ether oxygens (including phenoxy) is 1. The summed E-state index contributed by atoms with van der Waals surface area (Å²) in [7, 11) is 1.70. The highest BCUT2D eigenvalue weighted by molar-refractivity contribution is 5.97. The number of hydrogen-bond acceptors (Lipinski definition) is 3. The Balaban J connectivity index is 2.18. The molecule has 1 aromatic carbocycles. The lowest BCUT2D eigenvalue weighted by molar-refractivity contribution is -0.253. The van der Waals surface area contributed by atoms with Crippen molar-refractivity contribution < 1.29 is 27.1 Å². The molecule has 130 valence electrons. The molecule has 0 aliphatic heterocycles. The molecule has 0 radical (unpaired) electrons. The molecule has 0 saturated heterocycles. The summed E-state index contributed by atoms with van der Waals surface area (Å²) in [6.45, 7) is 1.67. The average Bonchev–Trinajstić information content (AvgIpc) is 2.94. The smallest absolute Gasteiger partial charge is 0.427 e. The molecule has 0 saturated carbocycles. The van der Waals surface area contributed by atoms with Gasteiger partial charge in [0.25, 0.3) is 5.91 Å². The van der Waals surface area contributed by atoms with Crippen LogP contribution in [-0.4, -0.2) is 28.2 Å². The number of hydrogen-bond donors (Lipinski definition) is 1. The van der Waals surface area contributed by atoms with E-state index in [9.17, 15) is 22.4 Å². The second kappa shape index (κ2) is 6.90. The number of carbonyl (C=O) groups is 1. The number of amides is 1. The summed E-state index contributed by atoms with van der Waals surface area (Å²) < 4.78 is 56.3. The van der Waals surface area contributed by atoms with E-state index in [1.807, 2.05) is 0 Å². The zero-order chi connectivity index (χ0) is 17.9. The monoisotopic (exact) mass is 345 g/mol. The van der Waals surface area contributed by atoms with Gasteiger partial charge in [-0.25, -0.2) is 0 Å². The topological polar surface area (TPSA) is 56.1 Å². The number of aromatic nitrogens is 2. The molecule has 1 atom stereocenters. The first-order valence-corrected chi connectivity index (χ1v) is 6.94. The molecule has 1 amide bonds. The van der Waals surface area contributed by atoms with Gasteiger partial charge in [-0.3, -0.25) is 9.48 Å². The van der Waals surface area contributed by atoms with E-state index < -0.39 is 30.2 Å². The highest BCUT2D eigenvalue weighted by Crippen LogP contribution is 2.30. The molecular weight excluding hydrogens is 330 g/mol. The van der Waals surface area contributed by atoms with Crippen LogP contribution in [0.1, 0.15) is 28.9 Å². The fourth-order valence-electron chi connectivity index (χ4n) is 1.96. The van der Waals surface area contributed by atoms with Crippen LogP contribution in [0, 0.1) is 0 Å². The minimum Gasteiger partial charge on any atom is -0.427 e. The molecule has 0 spiro atoms. The predicted octanol–water partition coefficient (Wildman–Crippen LogP) is 3.15. The van der Waals surface area contributed by atoms with Gasteiger partial charge in [0.2, 0.25) is 0 Å². The van der Waals surface area contributed by atoms with Crippen LogP contribution < -0.4 is 10.1 Å². The second-order valence-electron chi connectivity index (χ2n) is 5.10. The Morgan fingerprint density at radius 1 is 1.33 bits per heavy atom. The van der Waals surface area contributed by atoms with Crippen molar-refractivity contribution in [1.82, 2.24) is 15.1 Å². The Morgan fingerprint density at radius 3 is 2.58 bits per heavy atom. The molecule has 5 nitrogen and oxygen atoms in total. The van der Waals surface area contributed by atoms with Gasteiger partial charge in [0, 0.05) is 18.8 Å². The van der Waals surface area contributed by atoms with E-state index in [2.05, 4.69) is 15.2 Å². The SMILES string of the molecule is C[C@H](NC(=O)c1ccccc1OC(F)(F)C(F)F)c1cnn(C)c1. The number of aryl methyl sites for hydroxylation is 1. The fraction of sp³-hybridized carbons (Fsp3) is 0.333. The van der Waals surface area contributed by atoms with Gasteiger partial charge in [0.05, 0.1) is 17.8 Å². The van der Waals surface area contributed by atoms with E-state index >= 15 is 0 Å². The summed E-state index contributed by atoms with van der Waals surface area (Å²) in [4.78, 5) is 12.3. The van der Waals surface area contributed by atoms with Crippen molar-refractivity contribution in [2.75, 3.05) is 0 Å². The molecule has 2 rings (SSSR count). The standard InChI is InChI=1S/C15H15F4N3O2/c1-9(10-7-20-22(2)8-10)21-13(23)11-5-3-4-6-12(11)24-15(18,19)14(16)17/h3-9,14H,1-2H3,(H,21,23)/t9-/m0/s1. The Labute approximate surface area is 135 Å². The normalized spacial score (nSPS) is 13.0. The zero-order valence-corrected chi connectivity index (χ0v) is 12.8. The minimum atomic E-state index is -4.69. The largest absolute Gasteiger partial charge is 0.461 e. The number of alkyl halides is 4. The number of para-hydroxylation sites is 1. The van der Waals surface area contributed by atoms with E-state index in [4.69, 9.17) is 0 Å². The maximum atomic E-state index is 13.1. The van der Waals surface area contributed by atoms with Crippen LogP contribution in [0.25, 0.3) is 0 Å². The molecule has 0 fully saturated rings. The molecule has 0 unspecified atom stereocenters. The minimum absolute atomic E-state index is 0.270. The van der Waals surface area contributed by atoms with Crippen molar-refractivity contribution >= 4 is 5.91 Å². The predicted molar refractivity (Wildman–Crippen MR) is 77.1 cm³/mol. The lowest BCUT2D eigenvalue weighted by Gasteiger charge is -2.19. The van der Waals surface area contributed by atoms with E-state index in [0.717, 1.165) is 6.07 Å². The van der Waals surface area contributed by atoms with Gasteiger partial charge in [-0.05, 0) is 19.1 Å². The van der Waals surface area contributed by atoms with E-state index in [0.29, 0.717) is 5.56 Å². The first-order chi connectivity index (χ1) is 11.2. The Kier molecular flexibility index (Phi) is 5.10. The molecule has 1 heterocycles. The lowest BCUT2D eigenvalue weighted by Crippen LogP contribution is -2.35. The molecule has 0 aliphatic rings. The molecular formula is C15H15F4N3O2. The maximum Gasteiger partial charge on any atom is 0.461 e. The first-order valence-electron chi connectivity index (χ1n) is 6.94. The van der Waals surface area contributed by atoms with Gasteiger partial charge < -0.3 is 10.1 Å². The van der Waals surface area contributed by atoms with Crippen molar-refractivity contribution in [3.8, 4) is 5.75 Å². The lowest BCUT2D eigenvalue weighted by atomic mass is 10.1. The molecule has 9 heteroatoms. The summed E-state index contributed by atoms with van der Waals surface area (Å²) in [5, 5.41) is 6.54. The van der Waals surface area contributed by atoms with Gasteiger partial charge in [-0.15, -0.1) is 0 Å².